The van der Waals surface area contributed by atoms with E-state index in [9.17, 15) is 26.3 Å². The van der Waals surface area contributed by atoms with E-state index in [2.05, 4.69) is 0 Å². The molecule has 0 amide bonds. The first-order valence-corrected chi connectivity index (χ1v) is 12.7. The number of fused-ring (bicyclic) bond motifs is 5. The molecule has 200 valence electrons. The van der Waals surface area contributed by atoms with Crippen molar-refractivity contribution in [3.8, 4) is 22.3 Å². The topological polar surface area (TPSA) is 0 Å². The van der Waals surface area contributed by atoms with Crippen LogP contribution in [0.1, 0.15) is 22.3 Å². The van der Waals surface area contributed by atoms with Crippen LogP contribution in [0.5, 0.6) is 0 Å². The molecule has 0 radical (unpaired) electrons. The maximum atomic E-state index is 13.8. The molecule has 0 unspecified atom stereocenters. The van der Waals surface area contributed by atoms with Gasteiger partial charge in [0.1, 0.15) is 0 Å². The number of hydrogen-bond donors (Lipinski definition) is 0. The molecule has 6 rings (SSSR count). The molecule has 0 spiro atoms. The smallest absolute Gasteiger partial charge is 0.166 e. The Balaban J connectivity index is 1.71. The summed E-state index contributed by atoms with van der Waals surface area (Å²) < 4.78 is 82.7. The van der Waals surface area contributed by atoms with Crippen molar-refractivity contribution in [3.05, 3.63) is 119 Å². The highest BCUT2D eigenvalue weighted by Crippen LogP contribution is 2.44. The Labute approximate surface area is 226 Å². The van der Waals surface area contributed by atoms with E-state index in [-0.39, 0.29) is 11.1 Å². The second kappa shape index (κ2) is 9.12. The maximum absolute atomic E-state index is 13.8. The van der Waals surface area contributed by atoms with Crippen molar-refractivity contribution in [3.63, 3.8) is 0 Å². The number of halogens is 6. The minimum absolute atomic E-state index is 0.146. The highest BCUT2D eigenvalue weighted by molar-refractivity contribution is 6.23. The highest BCUT2D eigenvalue weighted by Gasteiger charge is 2.33. The van der Waals surface area contributed by atoms with Crippen LogP contribution in [0.4, 0.5) is 26.3 Å². The molecule has 6 heteroatoms. The lowest BCUT2D eigenvalue weighted by molar-refractivity contribution is -0.138. The van der Waals surface area contributed by atoms with Gasteiger partial charge in [0.05, 0.1) is 11.1 Å². The quantitative estimate of drug-likeness (QED) is 0.150. The summed E-state index contributed by atoms with van der Waals surface area (Å²) in [5.74, 6) is 0. The van der Waals surface area contributed by atoms with Crippen LogP contribution in [0.2, 0.25) is 0 Å². The number of benzene rings is 6. The first-order chi connectivity index (χ1) is 18.9. The summed E-state index contributed by atoms with van der Waals surface area (Å²) in [6, 6.07) is 27.4. The fourth-order valence-corrected chi connectivity index (χ4v) is 5.62. The molecule has 6 aromatic carbocycles. The zero-order valence-corrected chi connectivity index (χ0v) is 21.5. The fourth-order valence-electron chi connectivity index (χ4n) is 5.62. The molecule has 0 saturated carbocycles. The van der Waals surface area contributed by atoms with Gasteiger partial charge in [-0.15, -0.1) is 0 Å². The van der Waals surface area contributed by atoms with Crippen molar-refractivity contribution in [2.75, 3.05) is 0 Å². The van der Waals surface area contributed by atoms with Crippen LogP contribution in [0, 0.1) is 13.8 Å². The van der Waals surface area contributed by atoms with Gasteiger partial charge in [-0.3, -0.25) is 0 Å². The zero-order valence-electron chi connectivity index (χ0n) is 21.5. The largest absolute Gasteiger partial charge is 0.416 e. The van der Waals surface area contributed by atoms with E-state index >= 15 is 0 Å². The van der Waals surface area contributed by atoms with Crippen LogP contribution < -0.4 is 0 Å². The third kappa shape index (κ3) is 4.28. The minimum Gasteiger partial charge on any atom is -0.166 e. The average molecular weight is 545 g/mol. The van der Waals surface area contributed by atoms with Gasteiger partial charge in [0.25, 0.3) is 0 Å². The van der Waals surface area contributed by atoms with E-state index in [1.165, 1.54) is 38.1 Å². The van der Waals surface area contributed by atoms with Crippen LogP contribution in [0.15, 0.2) is 97.1 Å². The predicted octanol–water partition coefficient (Wildman–Crippen LogP) is 11.1. The van der Waals surface area contributed by atoms with Gasteiger partial charge in [0.2, 0.25) is 0 Å². The van der Waals surface area contributed by atoms with E-state index < -0.39 is 23.5 Å². The van der Waals surface area contributed by atoms with Crippen LogP contribution >= 0.6 is 0 Å². The van der Waals surface area contributed by atoms with Crippen LogP contribution in [-0.4, -0.2) is 0 Å². The Kier molecular flexibility index (Phi) is 5.91. The molecule has 0 aliphatic heterocycles. The SMILES string of the molecule is Cc1ccc(-c2cc3c4ccccc4c(-c4ccc(C)c(C(F)(F)F)c4)cc3c3ccccc23)cc1C(F)(F)F. The van der Waals surface area contributed by atoms with Gasteiger partial charge >= 0.3 is 12.4 Å². The van der Waals surface area contributed by atoms with Crippen molar-refractivity contribution in [2.24, 2.45) is 0 Å². The van der Waals surface area contributed by atoms with Gasteiger partial charge in [-0.25, -0.2) is 0 Å². The van der Waals surface area contributed by atoms with E-state index in [1.54, 1.807) is 12.1 Å². The zero-order chi connectivity index (χ0) is 28.4. The first kappa shape index (κ1) is 25.9. The van der Waals surface area contributed by atoms with Gasteiger partial charge in [0, 0.05) is 0 Å². The summed E-state index contributed by atoms with van der Waals surface area (Å²) in [6.07, 6.45) is -8.98. The highest BCUT2D eigenvalue weighted by atomic mass is 19.4. The molecule has 0 aromatic heterocycles. The van der Waals surface area contributed by atoms with E-state index in [0.717, 1.165) is 32.3 Å². The number of hydrogen-bond acceptors (Lipinski definition) is 0. The van der Waals surface area contributed by atoms with Gasteiger partial charge < -0.3 is 0 Å². The van der Waals surface area contributed by atoms with Crippen molar-refractivity contribution in [1.82, 2.24) is 0 Å². The Morgan fingerprint density at radius 3 is 1.10 bits per heavy atom. The Bertz CT molecular complexity index is 1800. The van der Waals surface area contributed by atoms with E-state index in [1.807, 2.05) is 60.7 Å². The molecule has 0 saturated heterocycles. The molecule has 0 aliphatic rings. The molecule has 6 aromatic rings. The van der Waals surface area contributed by atoms with Gasteiger partial charge in [-0.2, -0.15) is 26.3 Å². The molecule has 0 bridgehead atoms. The predicted molar refractivity (Wildman–Crippen MR) is 149 cm³/mol. The van der Waals surface area contributed by atoms with Crippen LogP contribution in [0.25, 0.3) is 54.6 Å². The second-order valence-electron chi connectivity index (χ2n) is 10.1. The van der Waals surface area contributed by atoms with E-state index in [4.69, 9.17) is 0 Å². The Hall–Kier alpha value is -4.32. The van der Waals surface area contributed by atoms with Gasteiger partial charge in [-0.1, -0.05) is 72.8 Å². The lowest BCUT2D eigenvalue weighted by Crippen LogP contribution is -2.07. The molecule has 0 N–H and O–H groups in total. The molecular weight excluding hydrogens is 522 g/mol. The fraction of sp³-hybridized carbons (Fsp3) is 0.118. The summed E-state index contributed by atoms with van der Waals surface area (Å²) in [5.41, 5.74) is 1.11. The van der Waals surface area contributed by atoms with Crippen molar-refractivity contribution in [1.29, 1.82) is 0 Å². The third-order valence-electron chi connectivity index (χ3n) is 7.59. The van der Waals surface area contributed by atoms with Crippen LogP contribution in [0.3, 0.4) is 0 Å². The Morgan fingerprint density at radius 1 is 0.400 bits per heavy atom. The number of aryl methyl sites for hydroxylation is 2. The van der Waals surface area contributed by atoms with Crippen molar-refractivity contribution >= 4 is 32.3 Å². The monoisotopic (exact) mass is 544 g/mol. The summed E-state index contributed by atoms with van der Waals surface area (Å²) in [4.78, 5) is 0. The average Bonchev–Trinajstić information content (AvgIpc) is 2.91. The first-order valence-electron chi connectivity index (χ1n) is 12.7. The summed E-state index contributed by atoms with van der Waals surface area (Å²) in [7, 11) is 0. The van der Waals surface area contributed by atoms with Crippen molar-refractivity contribution in [2.45, 2.75) is 26.2 Å². The summed E-state index contributed by atoms with van der Waals surface area (Å²) >= 11 is 0. The number of alkyl halides is 6. The van der Waals surface area contributed by atoms with Crippen LogP contribution in [-0.2, 0) is 12.4 Å². The molecule has 0 heterocycles. The lowest BCUT2D eigenvalue weighted by Gasteiger charge is -2.18. The summed E-state index contributed by atoms with van der Waals surface area (Å²) in [6.45, 7) is 2.88. The normalized spacial score (nSPS) is 12.5. The second-order valence-corrected chi connectivity index (χ2v) is 10.1. The maximum Gasteiger partial charge on any atom is 0.416 e. The molecule has 0 nitrogen and oxygen atoms in total. The molecule has 0 fully saturated rings. The Morgan fingerprint density at radius 2 is 0.750 bits per heavy atom. The van der Waals surface area contributed by atoms with Crippen molar-refractivity contribution < 1.29 is 26.3 Å². The summed E-state index contributed by atoms with van der Waals surface area (Å²) in [5, 5.41) is 4.75. The lowest BCUT2D eigenvalue weighted by atomic mass is 9.87. The standard InChI is InChI=1S/C34H22F6/c1-19-11-13-21(15-31(19)33(35,36)37)27-17-29-26-10-6-4-8-24(26)28(18-30(29)25-9-5-3-7-23(25)27)22-14-12-20(2)32(16-22)34(38,39)40/h3-18H,1-2H3. The number of rotatable bonds is 2. The molecular formula is C34H22F6. The molecule has 0 atom stereocenters. The molecule has 0 aliphatic carbocycles. The van der Waals surface area contributed by atoms with Gasteiger partial charge in [-0.05, 0) is 104 Å². The van der Waals surface area contributed by atoms with E-state index in [0.29, 0.717) is 22.3 Å². The van der Waals surface area contributed by atoms with Gasteiger partial charge in [0.15, 0.2) is 0 Å². The third-order valence-corrected chi connectivity index (χ3v) is 7.59. The minimum atomic E-state index is -4.49. The molecule has 40 heavy (non-hydrogen) atoms.